The number of hydrogen-bond acceptors (Lipinski definition) is 3. The summed E-state index contributed by atoms with van der Waals surface area (Å²) in [7, 11) is 0. The summed E-state index contributed by atoms with van der Waals surface area (Å²) in [6, 6.07) is 9.70. The highest BCUT2D eigenvalue weighted by atomic mass is 35.5. The lowest BCUT2D eigenvalue weighted by atomic mass is 10.1. The summed E-state index contributed by atoms with van der Waals surface area (Å²) in [6.07, 6.45) is 1.73. The van der Waals surface area contributed by atoms with Crippen LogP contribution in [0.2, 0.25) is 0 Å². The summed E-state index contributed by atoms with van der Waals surface area (Å²) in [5.41, 5.74) is 6.59. The van der Waals surface area contributed by atoms with Crippen LogP contribution in [0.25, 0.3) is 11.0 Å². The van der Waals surface area contributed by atoms with Crippen LogP contribution in [0, 0.1) is 0 Å². The molecule has 4 nitrogen and oxygen atoms in total. The number of furan rings is 1. The number of para-hydroxylation sites is 1. The molecular weight excluding hydrogens is 264 g/mol. The third-order valence-electron chi connectivity index (χ3n) is 3.46. The van der Waals surface area contributed by atoms with Gasteiger partial charge in [0.2, 0.25) is 0 Å². The monoisotopic (exact) mass is 280 g/mol. The Morgan fingerprint density at radius 3 is 2.63 bits per heavy atom. The second-order valence-corrected chi connectivity index (χ2v) is 4.78. The molecule has 102 valence electrons. The van der Waals surface area contributed by atoms with Gasteiger partial charge in [-0.05, 0) is 25.0 Å². The molecule has 0 unspecified atom stereocenters. The first kappa shape index (κ1) is 13.9. The first-order chi connectivity index (χ1) is 8.74. The van der Waals surface area contributed by atoms with Gasteiger partial charge in [0, 0.05) is 24.5 Å². The largest absolute Gasteiger partial charge is 0.451 e. The highest BCUT2D eigenvalue weighted by molar-refractivity contribution is 5.96. The maximum atomic E-state index is 12.3. The van der Waals surface area contributed by atoms with Crippen molar-refractivity contribution in [2.24, 2.45) is 5.73 Å². The Morgan fingerprint density at radius 1 is 1.26 bits per heavy atom. The average molecular weight is 281 g/mol. The van der Waals surface area contributed by atoms with E-state index < -0.39 is 0 Å². The smallest absolute Gasteiger partial charge is 0.289 e. The molecule has 2 N–H and O–H groups in total. The molecule has 0 aliphatic carbocycles. The molecule has 0 spiro atoms. The third kappa shape index (κ3) is 2.74. The lowest BCUT2D eigenvalue weighted by Crippen LogP contribution is -2.42. The van der Waals surface area contributed by atoms with E-state index in [1.165, 1.54) is 0 Å². The van der Waals surface area contributed by atoms with Crippen LogP contribution in [-0.2, 0) is 0 Å². The lowest BCUT2D eigenvalue weighted by molar-refractivity contribution is 0.0685. The van der Waals surface area contributed by atoms with Crippen molar-refractivity contribution in [3.8, 4) is 0 Å². The minimum atomic E-state index is -0.0295. The number of nitrogens with zero attached hydrogens (tertiary/aromatic N) is 1. The summed E-state index contributed by atoms with van der Waals surface area (Å²) >= 11 is 0. The van der Waals surface area contributed by atoms with Gasteiger partial charge in [-0.2, -0.15) is 0 Å². The maximum Gasteiger partial charge on any atom is 0.289 e. The molecule has 1 aromatic carbocycles. The van der Waals surface area contributed by atoms with Gasteiger partial charge in [-0.1, -0.05) is 18.2 Å². The molecule has 1 aliphatic heterocycles. The third-order valence-corrected chi connectivity index (χ3v) is 3.46. The van der Waals surface area contributed by atoms with Crippen LogP contribution in [-0.4, -0.2) is 29.9 Å². The minimum Gasteiger partial charge on any atom is -0.451 e. The van der Waals surface area contributed by atoms with Crippen LogP contribution in [0.15, 0.2) is 34.7 Å². The highest BCUT2D eigenvalue weighted by Crippen LogP contribution is 2.21. The molecule has 5 heteroatoms. The standard InChI is InChI=1S/C14H16N2O2.ClH/c15-11-5-7-16(8-6-11)14(17)13-9-10-3-1-2-4-12(10)18-13;/h1-4,9,11H,5-8,15H2;1H. The molecule has 2 heterocycles. The molecule has 0 atom stereocenters. The fraction of sp³-hybridized carbons (Fsp3) is 0.357. The van der Waals surface area contributed by atoms with Crippen molar-refractivity contribution in [2.75, 3.05) is 13.1 Å². The van der Waals surface area contributed by atoms with E-state index in [0.717, 1.165) is 36.9 Å². The highest BCUT2D eigenvalue weighted by Gasteiger charge is 2.23. The number of halogens is 1. The molecule has 1 fully saturated rings. The van der Waals surface area contributed by atoms with E-state index in [-0.39, 0.29) is 24.4 Å². The normalized spacial score (nSPS) is 16.4. The van der Waals surface area contributed by atoms with Crippen molar-refractivity contribution < 1.29 is 9.21 Å². The molecule has 3 rings (SSSR count). The number of benzene rings is 1. The van der Waals surface area contributed by atoms with E-state index in [4.69, 9.17) is 10.2 Å². The van der Waals surface area contributed by atoms with Crippen molar-refractivity contribution in [2.45, 2.75) is 18.9 Å². The van der Waals surface area contributed by atoms with Crippen LogP contribution < -0.4 is 5.73 Å². The molecule has 1 saturated heterocycles. The zero-order valence-corrected chi connectivity index (χ0v) is 11.4. The van der Waals surface area contributed by atoms with Gasteiger partial charge in [0.15, 0.2) is 5.76 Å². The van der Waals surface area contributed by atoms with Crippen molar-refractivity contribution in [1.82, 2.24) is 4.90 Å². The van der Waals surface area contributed by atoms with E-state index in [0.29, 0.717) is 5.76 Å². The topological polar surface area (TPSA) is 59.5 Å². The summed E-state index contributed by atoms with van der Waals surface area (Å²) in [5, 5.41) is 0.967. The van der Waals surface area contributed by atoms with Gasteiger partial charge < -0.3 is 15.1 Å². The van der Waals surface area contributed by atoms with Crippen LogP contribution in [0.3, 0.4) is 0 Å². The zero-order valence-electron chi connectivity index (χ0n) is 10.5. The van der Waals surface area contributed by atoms with Crippen LogP contribution in [0.4, 0.5) is 0 Å². The van der Waals surface area contributed by atoms with Crippen molar-refractivity contribution in [3.05, 3.63) is 36.1 Å². The van der Waals surface area contributed by atoms with Crippen molar-refractivity contribution in [1.29, 1.82) is 0 Å². The molecule has 19 heavy (non-hydrogen) atoms. The zero-order chi connectivity index (χ0) is 12.5. The molecule has 2 aromatic rings. The molecule has 1 aromatic heterocycles. The molecule has 1 aliphatic rings. The van der Waals surface area contributed by atoms with Crippen LogP contribution >= 0.6 is 12.4 Å². The first-order valence-electron chi connectivity index (χ1n) is 6.27. The summed E-state index contributed by atoms with van der Waals surface area (Å²) in [5.74, 6) is 0.393. The van der Waals surface area contributed by atoms with E-state index in [1.807, 2.05) is 35.2 Å². The Morgan fingerprint density at radius 2 is 1.95 bits per heavy atom. The van der Waals surface area contributed by atoms with Gasteiger partial charge >= 0.3 is 0 Å². The van der Waals surface area contributed by atoms with Gasteiger partial charge in [-0.25, -0.2) is 0 Å². The number of carbonyl (C=O) groups is 1. The van der Waals surface area contributed by atoms with Gasteiger partial charge in [0.05, 0.1) is 0 Å². The maximum absolute atomic E-state index is 12.3. The van der Waals surface area contributed by atoms with Gasteiger partial charge in [-0.3, -0.25) is 4.79 Å². The van der Waals surface area contributed by atoms with Gasteiger partial charge in [-0.15, -0.1) is 12.4 Å². The number of piperidine rings is 1. The molecule has 0 saturated carbocycles. The molecular formula is C14H17ClN2O2. The summed E-state index contributed by atoms with van der Waals surface area (Å²) < 4.78 is 5.59. The van der Waals surface area contributed by atoms with Gasteiger partial charge in [0.1, 0.15) is 5.58 Å². The van der Waals surface area contributed by atoms with Crippen molar-refractivity contribution >= 4 is 29.3 Å². The Bertz CT molecular complexity index is 541. The van der Waals surface area contributed by atoms with Gasteiger partial charge in [0.25, 0.3) is 5.91 Å². The number of amides is 1. The van der Waals surface area contributed by atoms with E-state index in [2.05, 4.69) is 0 Å². The minimum absolute atomic E-state index is 0. The van der Waals surface area contributed by atoms with E-state index in [1.54, 1.807) is 0 Å². The lowest BCUT2D eigenvalue weighted by Gasteiger charge is -2.29. The predicted octanol–water partition coefficient (Wildman–Crippen LogP) is 2.42. The Kier molecular flexibility index (Phi) is 4.12. The summed E-state index contributed by atoms with van der Waals surface area (Å²) in [6.45, 7) is 1.44. The second-order valence-electron chi connectivity index (χ2n) is 4.78. The van der Waals surface area contributed by atoms with Crippen molar-refractivity contribution in [3.63, 3.8) is 0 Å². The number of fused-ring (bicyclic) bond motifs is 1. The van der Waals surface area contributed by atoms with Crippen LogP contribution in [0.5, 0.6) is 0 Å². The van der Waals surface area contributed by atoms with E-state index in [9.17, 15) is 4.79 Å². The SMILES string of the molecule is Cl.NC1CCN(C(=O)c2cc3ccccc3o2)CC1. The fourth-order valence-corrected chi connectivity index (χ4v) is 2.35. The molecule has 1 amide bonds. The number of nitrogens with two attached hydrogens (primary N) is 1. The fourth-order valence-electron chi connectivity index (χ4n) is 2.35. The number of rotatable bonds is 1. The number of hydrogen-bond donors (Lipinski definition) is 1. The predicted molar refractivity (Wildman–Crippen MR) is 76.6 cm³/mol. The Labute approximate surface area is 118 Å². The van der Waals surface area contributed by atoms with Crippen LogP contribution in [0.1, 0.15) is 23.4 Å². The Hall–Kier alpha value is -1.52. The second kappa shape index (κ2) is 5.63. The van der Waals surface area contributed by atoms with E-state index >= 15 is 0 Å². The molecule has 0 bridgehead atoms. The molecule has 0 radical (unpaired) electrons. The quantitative estimate of drug-likeness (QED) is 0.873. The summed E-state index contributed by atoms with van der Waals surface area (Å²) in [4.78, 5) is 14.1. The average Bonchev–Trinajstić information content (AvgIpc) is 2.82. The number of likely N-dealkylation sites (tertiary alicyclic amines) is 1. The first-order valence-corrected chi connectivity index (χ1v) is 6.27. The number of carbonyl (C=O) groups excluding carboxylic acids is 1. The Balaban J connectivity index is 0.00000133.